The van der Waals surface area contributed by atoms with Crippen LogP contribution in [-0.4, -0.2) is 22.2 Å². The van der Waals surface area contributed by atoms with Gasteiger partial charge in [-0.1, -0.05) is 18.9 Å². The minimum Gasteiger partial charge on any atom is -0.392 e. The van der Waals surface area contributed by atoms with Gasteiger partial charge in [-0.3, -0.25) is 0 Å². The van der Waals surface area contributed by atoms with Crippen LogP contribution in [0.25, 0.3) is 0 Å². The number of rotatable bonds is 6. The monoisotopic (exact) mass is 200 g/mol. The van der Waals surface area contributed by atoms with Crippen LogP contribution in [0.1, 0.15) is 38.5 Å². The molecular weight excluding hydrogens is 180 g/mol. The van der Waals surface area contributed by atoms with Crippen molar-refractivity contribution in [2.75, 3.05) is 5.75 Å². The summed E-state index contributed by atoms with van der Waals surface area (Å²) in [6.07, 6.45) is 9.07. The zero-order valence-corrected chi connectivity index (χ0v) is 9.06. The SMILES string of the molecule is C=CCCC(O)CSC1CCCC1. The maximum absolute atomic E-state index is 9.57. The lowest BCUT2D eigenvalue weighted by Gasteiger charge is -2.12. The molecule has 13 heavy (non-hydrogen) atoms. The second-order valence-electron chi connectivity index (χ2n) is 3.76. The van der Waals surface area contributed by atoms with Gasteiger partial charge in [-0.2, -0.15) is 11.8 Å². The first-order valence-corrected chi connectivity index (χ1v) is 6.28. The Bertz CT molecular complexity index is 141. The smallest absolute Gasteiger partial charge is 0.0633 e. The zero-order valence-electron chi connectivity index (χ0n) is 8.24. The summed E-state index contributed by atoms with van der Waals surface area (Å²) in [5.41, 5.74) is 0. The predicted octanol–water partition coefficient (Wildman–Crippen LogP) is 2.99. The quantitative estimate of drug-likeness (QED) is 0.665. The molecule has 0 bridgehead atoms. The van der Waals surface area contributed by atoms with Crippen LogP contribution in [0.4, 0.5) is 0 Å². The number of hydrogen-bond acceptors (Lipinski definition) is 2. The molecule has 0 spiro atoms. The van der Waals surface area contributed by atoms with Gasteiger partial charge in [0.1, 0.15) is 0 Å². The minimum absolute atomic E-state index is 0.122. The van der Waals surface area contributed by atoms with Crippen molar-refractivity contribution >= 4 is 11.8 Å². The van der Waals surface area contributed by atoms with E-state index in [9.17, 15) is 5.11 Å². The summed E-state index contributed by atoms with van der Waals surface area (Å²) in [5, 5.41) is 10.4. The first-order chi connectivity index (χ1) is 6.33. The van der Waals surface area contributed by atoms with Crippen molar-refractivity contribution < 1.29 is 5.11 Å². The summed E-state index contributed by atoms with van der Waals surface area (Å²) < 4.78 is 0. The van der Waals surface area contributed by atoms with Gasteiger partial charge >= 0.3 is 0 Å². The highest BCUT2D eigenvalue weighted by atomic mass is 32.2. The summed E-state index contributed by atoms with van der Waals surface area (Å²) >= 11 is 1.96. The van der Waals surface area contributed by atoms with E-state index >= 15 is 0 Å². The van der Waals surface area contributed by atoms with Crippen molar-refractivity contribution in [1.82, 2.24) is 0 Å². The highest BCUT2D eigenvalue weighted by molar-refractivity contribution is 7.99. The Labute approximate surface area is 85.6 Å². The highest BCUT2D eigenvalue weighted by Gasteiger charge is 2.16. The fraction of sp³-hybridized carbons (Fsp3) is 0.818. The molecule has 1 nitrogen and oxygen atoms in total. The van der Waals surface area contributed by atoms with E-state index in [0.29, 0.717) is 0 Å². The fourth-order valence-corrected chi connectivity index (χ4v) is 3.02. The summed E-state index contributed by atoms with van der Waals surface area (Å²) in [5.74, 6) is 0.915. The molecule has 0 aromatic rings. The molecule has 0 aromatic carbocycles. The summed E-state index contributed by atoms with van der Waals surface area (Å²) in [7, 11) is 0. The van der Waals surface area contributed by atoms with E-state index in [1.807, 2.05) is 17.8 Å². The molecule has 0 radical (unpaired) electrons. The summed E-state index contributed by atoms with van der Waals surface area (Å²) in [6, 6.07) is 0. The predicted molar refractivity (Wildman–Crippen MR) is 60.2 cm³/mol. The van der Waals surface area contributed by atoms with Crippen LogP contribution in [0.2, 0.25) is 0 Å². The number of aliphatic hydroxyl groups is 1. The molecule has 0 amide bonds. The molecule has 1 aliphatic rings. The van der Waals surface area contributed by atoms with Crippen LogP contribution >= 0.6 is 11.8 Å². The first kappa shape index (κ1) is 11.1. The van der Waals surface area contributed by atoms with Crippen LogP contribution in [-0.2, 0) is 0 Å². The molecular formula is C11H20OS. The standard InChI is InChI=1S/C11H20OS/c1-2-3-6-10(12)9-13-11-7-4-5-8-11/h2,10-12H,1,3-9H2. The highest BCUT2D eigenvalue weighted by Crippen LogP contribution is 2.29. The second-order valence-corrected chi connectivity index (χ2v) is 5.09. The van der Waals surface area contributed by atoms with Crippen molar-refractivity contribution in [2.45, 2.75) is 49.9 Å². The Morgan fingerprint density at radius 1 is 1.46 bits per heavy atom. The van der Waals surface area contributed by atoms with Gasteiger partial charge in [0.25, 0.3) is 0 Å². The molecule has 0 saturated heterocycles. The third-order valence-electron chi connectivity index (χ3n) is 2.53. The Kier molecular flexibility index (Phi) is 5.56. The van der Waals surface area contributed by atoms with Gasteiger partial charge in [-0.05, 0) is 25.7 Å². The van der Waals surface area contributed by atoms with E-state index in [4.69, 9.17) is 0 Å². The van der Waals surface area contributed by atoms with Crippen molar-refractivity contribution in [2.24, 2.45) is 0 Å². The molecule has 1 unspecified atom stereocenters. The third-order valence-corrected chi connectivity index (χ3v) is 4.05. The van der Waals surface area contributed by atoms with Crippen molar-refractivity contribution in [3.8, 4) is 0 Å². The van der Waals surface area contributed by atoms with Crippen LogP contribution in [0, 0.1) is 0 Å². The molecule has 1 fully saturated rings. The summed E-state index contributed by atoms with van der Waals surface area (Å²) in [4.78, 5) is 0. The van der Waals surface area contributed by atoms with Crippen LogP contribution < -0.4 is 0 Å². The molecule has 1 rings (SSSR count). The average molecular weight is 200 g/mol. The lowest BCUT2D eigenvalue weighted by atomic mass is 10.2. The van der Waals surface area contributed by atoms with E-state index in [-0.39, 0.29) is 6.10 Å². The van der Waals surface area contributed by atoms with E-state index in [1.54, 1.807) is 0 Å². The number of aliphatic hydroxyl groups excluding tert-OH is 1. The van der Waals surface area contributed by atoms with E-state index in [1.165, 1.54) is 25.7 Å². The van der Waals surface area contributed by atoms with Crippen LogP contribution in [0.15, 0.2) is 12.7 Å². The lowest BCUT2D eigenvalue weighted by molar-refractivity contribution is 0.190. The Morgan fingerprint density at radius 2 is 2.15 bits per heavy atom. The molecule has 1 aliphatic carbocycles. The van der Waals surface area contributed by atoms with Crippen molar-refractivity contribution in [3.63, 3.8) is 0 Å². The van der Waals surface area contributed by atoms with Crippen molar-refractivity contribution in [1.29, 1.82) is 0 Å². The Balaban J connectivity index is 1.99. The van der Waals surface area contributed by atoms with Gasteiger partial charge in [-0.15, -0.1) is 6.58 Å². The normalized spacial score (nSPS) is 20.4. The molecule has 0 aliphatic heterocycles. The maximum atomic E-state index is 9.57. The molecule has 1 atom stereocenters. The Hall–Kier alpha value is 0.0500. The Morgan fingerprint density at radius 3 is 2.77 bits per heavy atom. The fourth-order valence-electron chi connectivity index (χ4n) is 1.70. The summed E-state index contributed by atoms with van der Waals surface area (Å²) in [6.45, 7) is 3.65. The average Bonchev–Trinajstić information content (AvgIpc) is 2.64. The van der Waals surface area contributed by atoms with Gasteiger partial charge in [0.15, 0.2) is 0 Å². The lowest BCUT2D eigenvalue weighted by Crippen LogP contribution is -2.11. The topological polar surface area (TPSA) is 20.2 Å². The van der Waals surface area contributed by atoms with Gasteiger partial charge in [0.05, 0.1) is 6.10 Å². The maximum Gasteiger partial charge on any atom is 0.0633 e. The first-order valence-electron chi connectivity index (χ1n) is 5.23. The molecule has 1 N–H and O–H groups in total. The molecule has 0 aromatic heterocycles. The van der Waals surface area contributed by atoms with Crippen molar-refractivity contribution in [3.05, 3.63) is 12.7 Å². The van der Waals surface area contributed by atoms with E-state index < -0.39 is 0 Å². The van der Waals surface area contributed by atoms with Gasteiger partial charge in [0.2, 0.25) is 0 Å². The third kappa shape index (κ3) is 4.72. The van der Waals surface area contributed by atoms with Gasteiger partial charge in [0, 0.05) is 11.0 Å². The molecule has 0 heterocycles. The van der Waals surface area contributed by atoms with Crippen LogP contribution in [0.3, 0.4) is 0 Å². The van der Waals surface area contributed by atoms with Gasteiger partial charge < -0.3 is 5.11 Å². The van der Waals surface area contributed by atoms with E-state index in [2.05, 4.69) is 6.58 Å². The second kappa shape index (κ2) is 6.50. The van der Waals surface area contributed by atoms with E-state index in [0.717, 1.165) is 23.8 Å². The largest absolute Gasteiger partial charge is 0.392 e. The molecule has 76 valence electrons. The zero-order chi connectivity index (χ0) is 9.52. The number of thioether (sulfide) groups is 1. The van der Waals surface area contributed by atoms with Crippen LogP contribution in [0.5, 0.6) is 0 Å². The van der Waals surface area contributed by atoms with Gasteiger partial charge in [-0.25, -0.2) is 0 Å². The molecule has 1 saturated carbocycles. The number of hydrogen-bond donors (Lipinski definition) is 1. The number of allylic oxidation sites excluding steroid dienone is 1. The molecule has 2 heteroatoms. The minimum atomic E-state index is -0.122.